The minimum Gasteiger partial charge on any atom is -0.296 e. The highest BCUT2D eigenvalue weighted by Gasteiger charge is 2.25. The molecule has 0 amide bonds. The molecule has 0 aromatic heterocycles. The van der Waals surface area contributed by atoms with Crippen LogP contribution in [0.1, 0.15) is 49.3 Å². The Hall–Kier alpha value is -1.86. The Kier molecular flexibility index (Phi) is 3.56. The van der Waals surface area contributed by atoms with Gasteiger partial charge in [-0.15, -0.1) is 0 Å². The van der Waals surface area contributed by atoms with Crippen LogP contribution in [0.3, 0.4) is 0 Å². The third kappa shape index (κ3) is 2.26. The molecule has 2 aromatic rings. The molecule has 0 N–H and O–H groups in total. The molecule has 0 spiro atoms. The van der Waals surface area contributed by atoms with Gasteiger partial charge in [0, 0.05) is 6.04 Å². The van der Waals surface area contributed by atoms with Gasteiger partial charge in [-0.25, -0.2) is 0 Å². The molecule has 1 nitrogen and oxygen atoms in total. The van der Waals surface area contributed by atoms with E-state index in [9.17, 15) is 0 Å². The Labute approximate surface area is 144 Å². The summed E-state index contributed by atoms with van der Waals surface area (Å²) in [7, 11) is 0. The van der Waals surface area contributed by atoms with Gasteiger partial charge in [-0.3, -0.25) is 4.90 Å². The van der Waals surface area contributed by atoms with Crippen LogP contribution in [-0.2, 0) is 6.42 Å². The number of piperidine rings is 1. The maximum Gasteiger partial charge on any atom is 0.0357 e. The minimum atomic E-state index is 0.640. The maximum atomic E-state index is 2.75. The topological polar surface area (TPSA) is 3.24 Å². The molecule has 2 aliphatic carbocycles. The first-order valence-corrected chi connectivity index (χ1v) is 9.57. The summed E-state index contributed by atoms with van der Waals surface area (Å²) in [5, 5.41) is 3.02. The molecule has 1 heteroatoms. The van der Waals surface area contributed by atoms with Crippen molar-refractivity contribution in [2.75, 3.05) is 13.1 Å². The van der Waals surface area contributed by atoms with Crippen LogP contribution >= 0.6 is 0 Å². The lowest BCUT2D eigenvalue weighted by molar-refractivity contribution is 0.155. The van der Waals surface area contributed by atoms with Crippen LogP contribution in [0.5, 0.6) is 0 Å². The number of likely N-dealkylation sites (tertiary alicyclic amines) is 1. The molecule has 122 valence electrons. The molecule has 1 unspecified atom stereocenters. The molecular weight excluding hydrogens is 290 g/mol. The van der Waals surface area contributed by atoms with E-state index in [2.05, 4.69) is 53.5 Å². The molecule has 24 heavy (non-hydrogen) atoms. The first-order valence-electron chi connectivity index (χ1n) is 9.57. The van der Waals surface area contributed by atoms with Crippen LogP contribution < -0.4 is 10.4 Å². The lowest BCUT2D eigenvalue weighted by Gasteiger charge is -2.37. The van der Waals surface area contributed by atoms with Crippen molar-refractivity contribution < 1.29 is 0 Å². The van der Waals surface area contributed by atoms with E-state index in [4.69, 9.17) is 0 Å². The van der Waals surface area contributed by atoms with Gasteiger partial charge >= 0.3 is 0 Å². The van der Waals surface area contributed by atoms with Crippen molar-refractivity contribution in [2.24, 2.45) is 0 Å². The molecule has 5 rings (SSSR count). The summed E-state index contributed by atoms with van der Waals surface area (Å²) in [5.74, 6) is 0. The van der Waals surface area contributed by atoms with E-state index in [1.165, 1.54) is 72.3 Å². The largest absolute Gasteiger partial charge is 0.296 e. The Morgan fingerprint density at radius 3 is 2.58 bits per heavy atom. The number of hydrogen-bond donors (Lipinski definition) is 0. The van der Waals surface area contributed by atoms with Crippen molar-refractivity contribution in [3.05, 3.63) is 58.0 Å². The van der Waals surface area contributed by atoms with E-state index in [-0.39, 0.29) is 0 Å². The van der Waals surface area contributed by atoms with Crippen molar-refractivity contribution in [3.63, 3.8) is 0 Å². The molecule has 1 aliphatic heterocycles. The fourth-order valence-corrected chi connectivity index (χ4v) is 4.95. The van der Waals surface area contributed by atoms with Gasteiger partial charge in [0.05, 0.1) is 0 Å². The van der Waals surface area contributed by atoms with Crippen LogP contribution in [0.15, 0.2) is 36.4 Å². The lowest BCUT2D eigenvalue weighted by atomic mass is 9.84. The average molecular weight is 315 g/mol. The van der Waals surface area contributed by atoms with Gasteiger partial charge in [0.15, 0.2) is 0 Å². The molecule has 1 heterocycles. The zero-order valence-electron chi connectivity index (χ0n) is 14.3. The van der Waals surface area contributed by atoms with E-state index in [1.807, 2.05) is 0 Å². The SMILES string of the molecule is C1=c2c(ccc3c2=CCCC3N2CCCCC2)-c2ccccc2C1. The first kappa shape index (κ1) is 14.5. The van der Waals surface area contributed by atoms with Gasteiger partial charge in [0.25, 0.3) is 0 Å². The quantitative estimate of drug-likeness (QED) is 0.774. The van der Waals surface area contributed by atoms with Crippen molar-refractivity contribution in [1.82, 2.24) is 4.90 Å². The molecule has 1 atom stereocenters. The molecule has 0 saturated carbocycles. The zero-order chi connectivity index (χ0) is 15.9. The highest BCUT2D eigenvalue weighted by atomic mass is 15.2. The monoisotopic (exact) mass is 315 g/mol. The Morgan fingerprint density at radius 2 is 1.67 bits per heavy atom. The van der Waals surface area contributed by atoms with Crippen LogP contribution in [-0.4, -0.2) is 18.0 Å². The molecule has 2 aromatic carbocycles. The number of fused-ring (bicyclic) bond motifs is 5. The van der Waals surface area contributed by atoms with Gasteiger partial charge < -0.3 is 0 Å². The summed E-state index contributed by atoms with van der Waals surface area (Å²) in [6, 6.07) is 14.4. The fourth-order valence-electron chi connectivity index (χ4n) is 4.95. The van der Waals surface area contributed by atoms with E-state index in [0.29, 0.717) is 6.04 Å². The standard InChI is InChI=1S/C23H25N/c1-4-15-24(16-5-1)23-10-6-9-19-21-12-11-17-7-2-3-8-18(17)20(21)13-14-22(19)23/h2-3,7-9,12-14,23H,1,4-6,10-11,15-16H2. The molecule has 0 radical (unpaired) electrons. The molecule has 1 saturated heterocycles. The number of nitrogens with zero attached hydrogens (tertiary/aromatic N) is 1. The summed E-state index contributed by atoms with van der Waals surface area (Å²) in [6.45, 7) is 2.57. The number of hydrogen-bond acceptors (Lipinski definition) is 1. The number of benzene rings is 2. The molecular formula is C23H25N. The first-order chi connectivity index (χ1) is 11.9. The maximum absolute atomic E-state index is 2.75. The van der Waals surface area contributed by atoms with Crippen molar-refractivity contribution in [1.29, 1.82) is 0 Å². The summed E-state index contributed by atoms with van der Waals surface area (Å²) in [6.07, 6.45) is 12.7. The normalized spacial score (nSPS) is 22.6. The van der Waals surface area contributed by atoms with Crippen molar-refractivity contribution in [2.45, 2.75) is 44.6 Å². The van der Waals surface area contributed by atoms with Crippen LogP contribution in [0, 0.1) is 0 Å². The van der Waals surface area contributed by atoms with Gasteiger partial charge in [-0.1, -0.05) is 55.0 Å². The number of rotatable bonds is 1. The van der Waals surface area contributed by atoms with Crippen LogP contribution in [0.25, 0.3) is 23.3 Å². The van der Waals surface area contributed by atoms with Gasteiger partial charge in [0.2, 0.25) is 0 Å². The Bertz CT molecular complexity index is 887. The second-order valence-electron chi connectivity index (χ2n) is 7.49. The second-order valence-corrected chi connectivity index (χ2v) is 7.49. The molecule has 0 bridgehead atoms. The van der Waals surface area contributed by atoms with Gasteiger partial charge in [-0.05, 0) is 77.9 Å². The fraction of sp³-hybridized carbons (Fsp3) is 0.391. The van der Waals surface area contributed by atoms with E-state index in [0.717, 1.165) is 6.42 Å². The van der Waals surface area contributed by atoms with Gasteiger partial charge in [0.1, 0.15) is 0 Å². The summed E-state index contributed by atoms with van der Waals surface area (Å²) in [5.41, 5.74) is 5.92. The van der Waals surface area contributed by atoms with Crippen LogP contribution in [0.2, 0.25) is 0 Å². The predicted molar refractivity (Wildman–Crippen MR) is 101 cm³/mol. The smallest absolute Gasteiger partial charge is 0.0357 e. The second kappa shape index (κ2) is 5.89. The zero-order valence-corrected chi connectivity index (χ0v) is 14.3. The summed E-state index contributed by atoms with van der Waals surface area (Å²) < 4.78 is 0. The third-order valence-corrected chi connectivity index (χ3v) is 6.13. The van der Waals surface area contributed by atoms with Crippen molar-refractivity contribution >= 4 is 12.2 Å². The minimum absolute atomic E-state index is 0.640. The van der Waals surface area contributed by atoms with Crippen molar-refractivity contribution in [3.8, 4) is 11.1 Å². The lowest BCUT2D eigenvalue weighted by Crippen LogP contribution is -2.42. The average Bonchev–Trinajstić information content (AvgIpc) is 2.67. The highest BCUT2D eigenvalue weighted by Crippen LogP contribution is 2.31. The summed E-state index contributed by atoms with van der Waals surface area (Å²) in [4.78, 5) is 2.75. The summed E-state index contributed by atoms with van der Waals surface area (Å²) >= 11 is 0. The van der Waals surface area contributed by atoms with E-state index >= 15 is 0 Å². The van der Waals surface area contributed by atoms with Crippen LogP contribution in [0.4, 0.5) is 0 Å². The third-order valence-electron chi connectivity index (χ3n) is 6.13. The molecule has 3 aliphatic rings. The highest BCUT2D eigenvalue weighted by molar-refractivity contribution is 5.74. The molecule has 1 fully saturated rings. The Balaban J connectivity index is 1.65. The van der Waals surface area contributed by atoms with E-state index < -0.39 is 0 Å². The predicted octanol–water partition coefficient (Wildman–Crippen LogP) is 3.79. The van der Waals surface area contributed by atoms with E-state index in [1.54, 1.807) is 5.56 Å². The van der Waals surface area contributed by atoms with Gasteiger partial charge in [-0.2, -0.15) is 0 Å². The Morgan fingerprint density at radius 1 is 0.792 bits per heavy atom.